The van der Waals surface area contributed by atoms with E-state index in [1.165, 1.54) is 0 Å². The van der Waals surface area contributed by atoms with Crippen molar-refractivity contribution in [3.05, 3.63) is 29.8 Å². The molecule has 11 heteroatoms. The average molecular weight is 394 g/mol. The summed E-state index contributed by atoms with van der Waals surface area (Å²) in [6.07, 6.45) is -4.55. The molecule has 0 radical (unpaired) electrons. The van der Waals surface area contributed by atoms with Crippen molar-refractivity contribution in [3.63, 3.8) is 0 Å². The number of hydrogen-bond acceptors (Lipinski definition) is 6. The summed E-state index contributed by atoms with van der Waals surface area (Å²) in [7, 11) is 0. The monoisotopic (exact) mass is 394 g/mol. The lowest BCUT2D eigenvalue weighted by molar-refractivity contribution is -0.192. The number of carbonyl (C=O) groups excluding carboxylic acids is 2. The summed E-state index contributed by atoms with van der Waals surface area (Å²) in [4.78, 5) is 31.4. The van der Waals surface area contributed by atoms with Crippen LogP contribution in [0.1, 0.15) is 12.5 Å². The number of carbonyl (C=O) groups is 3. The predicted octanol–water partition coefficient (Wildman–Crippen LogP) is 1.94. The van der Waals surface area contributed by atoms with E-state index in [0.717, 1.165) is 23.1 Å². The van der Waals surface area contributed by atoms with Gasteiger partial charge < -0.3 is 15.6 Å². The average Bonchev–Trinajstić information content (AvgIpc) is 2.84. The van der Waals surface area contributed by atoms with E-state index >= 15 is 0 Å². The standard InChI is InChI=1S/C13H16N2O3S.C2HF3O2/c1-8(14)7-18-10-4-2-9(3-5-10)6-11-12(16)15-13(17)19-11;3-2(4,5)1(6)7/h2-5,8,11H,6-7,14H2,1H3,(H,15,16,17);(H,6,7)/t8-,11?;/m1./s1. The van der Waals surface area contributed by atoms with E-state index in [1.807, 2.05) is 31.2 Å². The third-order valence-electron chi connectivity index (χ3n) is 2.87. The van der Waals surface area contributed by atoms with Crippen LogP contribution >= 0.6 is 11.8 Å². The van der Waals surface area contributed by atoms with Gasteiger partial charge in [0.05, 0.1) is 5.25 Å². The van der Waals surface area contributed by atoms with E-state index < -0.39 is 12.1 Å². The molecule has 1 saturated heterocycles. The zero-order chi connectivity index (χ0) is 19.9. The molecule has 2 atom stereocenters. The highest BCUT2D eigenvalue weighted by atomic mass is 32.2. The van der Waals surface area contributed by atoms with Crippen LogP contribution in [0.15, 0.2) is 24.3 Å². The van der Waals surface area contributed by atoms with Gasteiger partial charge in [0.25, 0.3) is 5.24 Å². The summed E-state index contributed by atoms with van der Waals surface area (Å²) in [5.74, 6) is -2.22. The molecule has 1 aromatic carbocycles. The number of nitrogens with two attached hydrogens (primary N) is 1. The SMILES string of the molecule is C[C@@H](N)COc1ccc(CC2SC(=O)NC2=O)cc1.O=C(O)C(F)(F)F. The van der Waals surface area contributed by atoms with Crippen molar-refractivity contribution in [1.82, 2.24) is 5.32 Å². The highest BCUT2D eigenvalue weighted by molar-refractivity contribution is 8.15. The molecule has 26 heavy (non-hydrogen) atoms. The molecule has 0 spiro atoms. The quantitative estimate of drug-likeness (QED) is 0.698. The number of carboxylic acid groups (broad SMARTS) is 1. The van der Waals surface area contributed by atoms with Crippen LogP contribution in [0, 0.1) is 0 Å². The lowest BCUT2D eigenvalue weighted by atomic mass is 10.1. The summed E-state index contributed by atoms with van der Waals surface area (Å²) >= 11 is 1.04. The molecular formula is C15H17F3N2O5S. The number of aliphatic carboxylic acids is 1. The number of nitrogens with one attached hydrogen (secondary N) is 1. The first kappa shape index (κ1) is 21.8. The van der Waals surface area contributed by atoms with Gasteiger partial charge in [-0.1, -0.05) is 23.9 Å². The molecule has 1 heterocycles. The van der Waals surface area contributed by atoms with Crippen molar-refractivity contribution >= 4 is 28.9 Å². The number of imide groups is 1. The number of amides is 2. The maximum absolute atomic E-state index is 11.4. The second kappa shape index (κ2) is 9.43. The zero-order valence-corrected chi connectivity index (χ0v) is 14.4. The van der Waals surface area contributed by atoms with Crippen LogP contribution in [-0.2, 0) is 16.0 Å². The first-order valence-corrected chi connectivity index (χ1v) is 8.16. The Morgan fingerprint density at radius 2 is 1.88 bits per heavy atom. The molecule has 1 aromatic rings. The number of carboxylic acids is 1. The van der Waals surface area contributed by atoms with Crippen LogP contribution < -0.4 is 15.8 Å². The van der Waals surface area contributed by atoms with Crippen LogP contribution in [0.25, 0.3) is 0 Å². The summed E-state index contributed by atoms with van der Waals surface area (Å²) < 4.78 is 37.2. The van der Waals surface area contributed by atoms with E-state index in [-0.39, 0.29) is 22.4 Å². The van der Waals surface area contributed by atoms with Crippen molar-refractivity contribution in [3.8, 4) is 5.75 Å². The largest absolute Gasteiger partial charge is 0.492 e. The summed E-state index contributed by atoms with van der Waals surface area (Å²) in [5.41, 5.74) is 6.60. The molecule has 2 amide bonds. The van der Waals surface area contributed by atoms with E-state index in [4.69, 9.17) is 20.4 Å². The van der Waals surface area contributed by atoms with Crippen LogP contribution in [0.5, 0.6) is 5.75 Å². The minimum absolute atomic E-state index is 0.00993. The van der Waals surface area contributed by atoms with E-state index in [0.29, 0.717) is 13.0 Å². The normalized spacial score (nSPS) is 17.8. The van der Waals surface area contributed by atoms with Gasteiger partial charge in [-0.05, 0) is 31.0 Å². The van der Waals surface area contributed by atoms with Crippen LogP contribution in [0.3, 0.4) is 0 Å². The van der Waals surface area contributed by atoms with Gasteiger partial charge in [-0.15, -0.1) is 0 Å². The van der Waals surface area contributed by atoms with Gasteiger partial charge in [0.1, 0.15) is 12.4 Å². The molecule has 7 nitrogen and oxygen atoms in total. The fraction of sp³-hybridized carbons (Fsp3) is 0.400. The van der Waals surface area contributed by atoms with Gasteiger partial charge in [0.15, 0.2) is 0 Å². The number of ether oxygens (including phenoxy) is 1. The molecule has 1 fully saturated rings. The first-order chi connectivity index (χ1) is 12.0. The molecule has 4 N–H and O–H groups in total. The molecule has 0 bridgehead atoms. The first-order valence-electron chi connectivity index (χ1n) is 7.28. The van der Waals surface area contributed by atoms with Crippen molar-refractivity contribution in [2.75, 3.05) is 6.61 Å². The van der Waals surface area contributed by atoms with Crippen LogP contribution in [0.4, 0.5) is 18.0 Å². The van der Waals surface area contributed by atoms with Crippen LogP contribution in [-0.4, -0.2) is 46.3 Å². The maximum Gasteiger partial charge on any atom is 0.490 e. The highest BCUT2D eigenvalue weighted by Gasteiger charge is 2.38. The van der Waals surface area contributed by atoms with Gasteiger partial charge in [0.2, 0.25) is 5.91 Å². The molecule has 1 aliphatic rings. The van der Waals surface area contributed by atoms with Crippen molar-refractivity contribution in [2.45, 2.75) is 30.8 Å². The van der Waals surface area contributed by atoms with E-state index in [1.54, 1.807) is 0 Å². The maximum atomic E-state index is 11.4. The Balaban J connectivity index is 0.000000412. The fourth-order valence-electron chi connectivity index (χ4n) is 1.69. The Labute approximate surface area is 151 Å². The number of alkyl halides is 3. The number of halogens is 3. The number of hydrogen-bond donors (Lipinski definition) is 3. The Morgan fingerprint density at radius 1 is 1.35 bits per heavy atom. The molecule has 2 rings (SSSR count). The summed E-state index contributed by atoms with van der Waals surface area (Å²) in [6.45, 7) is 2.34. The fourth-order valence-corrected chi connectivity index (χ4v) is 2.55. The lowest BCUT2D eigenvalue weighted by Crippen LogP contribution is -2.25. The lowest BCUT2D eigenvalue weighted by Gasteiger charge is -2.10. The van der Waals surface area contributed by atoms with Crippen LogP contribution in [0.2, 0.25) is 0 Å². The minimum atomic E-state index is -5.08. The smallest absolute Gasteiger partial charge is 0.490 e. The Morgan fingerprint density at radius 3 is 2.27 bits per heavy atom. The molecule has 1 unspecified atom stereocenters. The molecule has 1 aliphatic heterocycles. The van der Waals surface area contributed by atoms with Gasteiger partial charge in [0, 0.05) is 6.04 Å². The van der Waals surface area contributed by atoms with Gasteiger partial charge in [-0.2, -0.15) is 13.2 Å². The van der Waals surface area contributed by atoms with Gasteiger partial charge in [-0.25, -0.2) is 4.79 Å². The Kier molecular flexibility index (Phi) is 7.90. The molecular weight excluding hydrogens is 377 g/mol. The molecule has 0 saturated carbocycles. The topological polar surface area (TPSA) is 119 Å². The molecule has 0 aromatic heterocycles. The summed E-state index contributed by atoms with van der Waals surface area (Å²) in [5, 5.41) is 8.80. The molecule has 0 aliphatic carbocycles. The third kappa shape index (κ3) is 7.74. The van der Waals surface area contributed by atoms with Gasteiger partial charge in [-0.3, -0.25) is 14.9 Å². The van der Waals surface area contributed by atoms with Crippen molar-refractivity contribution in [1.29, 1.82) is 0 Å². The highest BCUT2D eigenvalue weighted by Crippen LogP contribution is 2.23. The number of thioether (sulfide) groups is 1. The second-order valence-electron chi connectivity index (χ2n) is 5.32. The van der Waals surface area contributed by atoms with E-state index in [2.05, 4.69) is 5.32 Å². The van der Waals surface area contributed by atoms with E-state index in [9.17, 15) is 22.8 Å². The zero-order valence-electron chi connectivity index (χ0n) is 13.6. The third-order valence-corrected chi connectivity index (χ3v) is 3.85. The predicted molar refractivity (Wildman–Crippen MR) is 87.9 cm³/mol. The van der Waals surface area contributed by atoms with Gasteiger partial charge >= 0.3 is 12.1 Å². The Hall–Kier alpha value is -2.27. The summed E-state index contributed by atoms with van der Waals surface area (Å²) in [6, 6.07) is 7.47. The number of rotatable bonds is 5. The van der Waals surface area contributed by atoms with Crippen molar-refractivity contribution in [2.24, 2.45) is 5.73 Å². The molecule has 144 valence electrons. The van der Waals surface area contributed by atoms with Crippen molar-refractivity contribution < 1.29 is 37.4 Å². The second-order valence-corrected chi connectivity index (χ2v) is 6.50. The Bertz CT molecular complexity index is 650. The number of benzene rings is 1. The minimum Gasteiger partial charge on any atom is -0.492 e.